The van der Waals surface area contributed by atoms with E-state index in [1.165, 1.54) is 11.3 Å². The van der Waals surface area contributed by atoms with Crippen molar-refractivity contribution in [1.82, 2.24) is 20.1 Å². The number of amides is 1. The standard InChI is InChI=1S/C19H21FN4OS/c1-12-4-3-5-14-13(12)10-15(24(14)9-8-20)17-23-22-16(26-17)11-21-18(25)19(2)6-7-19/h3-5,10H,6-9,11H2,1-2H3,(H,21,25). The van der Waals surface area contributed by atoms with E-state index in [0.717, 1.165) is 45.0 Å². The van der Waals surface area contributed by atoms with Crippen LogP contribution in [0.2, 0.25) is 0 Å². The van der Waals surface area contributed by atoms with Crippen LogP contribution >= 0.6 is 11.3 Å². The number of carbonyl (C=O) groups is 1. The minimum atomic E-state index is -0.439. The van der Waals surface area contributed by atoms with Crippen LogP contribution in [0.5, 0.6) is 0 Å². The molecule has 1 fully saturated rings. The Hall–Kier alpha value is -2.28. The average Bonchev–Trinajstić information content (AvgIpc) is 3.07. The minimum absolute atomic E-state index is 0.0800. The van der Waals surface area contributed by atoms with Gasteiger partial charge in [-0.3, -0.25) is 4.79 Å². The first-order valence-electron chi connectivity index (χ1n) is 8.78. The number of fused-ring (bicyclic) bond motifs is 1. The van der Waals surface area contributed by atoms with Crippen molar-refractivity contribution >= 4 is 28.1 Å². The molecule has 1 aliphatic carbocycles. The molecule has 0 unspecified atom stereocenters. The van der Waals surface area contributed by atoms with Crippen LogP contribution in [0.3, 0.4) is 0 Å². The molecule has 1 aliphatic rings. The molecule has 1 saturated carbocycles. The zero-order valence-corrected chi connectivity index (χ0v) is 15.7. The van der Waals surface area contributed by atoms with Gasteiger partial charge in [0.2, 0.25) is 5.91 Å². The Bertz CT molecular complexity index is 973. The van der Waals surface area contributed by atoms with Crippen LogP contribution in [0.15, 0.2) is 24.3 Å². The molecule has 1 amide bonds. The van der Waals surface area contributed by atoms with E-state index in [1.807, 2.05) is 36.6 Å². The highest BCUT2D eigenvalue weighted by Gasteiger charge is 2.44. The summed E-state index contributed by atoms with van der Waals surface area (Å²) in [6.45, 7) is 4.25. The molecule has 1 N–H and O–H groups in total. The van der Waals surface area contributed by atoms with Crippen molar-refractivity contribution in [3.05, 3.63) is 34.8 Å². The van der Waals surface area contributed by atoms with Crippen LogP contribution in [-0.2, 0) is 17.9 Å². The Morgan fingerprint density at radius 2 is 2.19 bits per heavy atom. The number of hydrogen-bond acceptors (Lipinski definition) is 4. The summed E-state index contributed by atoms with van der Waals surface area (Å²) in [7, 11) is 0. The summed E-state index contributed by atoms with van der Waals surface area (Å²) in [6, 6.07) is 8.08. The van der Waals surface area contributed by atoms with E-state index in [-0.39, 0.29) is 17.9 Å². The van der Waals surface area contributed by atoms with Crippen LogP contribution < -0.4 is 5.32 Å². The summed E-state index contributed by atoms with van der Waals surface area (Å²) in [5.74, 6) is 0.0800. The molecule has 3 aromatic rings. The first-order chi connectivity index (χ1) is 12.5. The van der Waals surface area contributed by atoms with Crippen molar-refractivity contribution in [3.8, 4) is 10.7 Å². The monoisotopic (exact) mass is 372 g/mol. The molecule has 5 nitrogen and oxygen atoms in total. The summed E-state index contributed by atoms with van der Waals surface area (Å²) >= 11 is 1.44. The van der Waals surface area contributed by atoms with Crippen molar-refractivity contribution in [2.75, 3.05) is 6.67 Å². The molecule has 136 valence electrons. The third kappa shape index (κ3) is 3.00. The van der Waals surface area contributed by atoms with Gasteiger partial charge in [-0.2, -0.15) is 0 Å². The lowest BCUT2D eigenvalue weighted by Crippen LogP contribution is -2.29. The van der Waals surface area contributed by atoms with E-state index in [1.54, 1.807) is 0 Å². The largest absolute Gasteiger partial charge is 0.349 e. The van der Waals surface area contributed by atoms with E-state index < -0.39 is 6.67 Å². The molecule has 26 heavy (non-hydrogen) atoms. The summed E-state index contributed by atoms with van der Waals surface area (Å²) < 4.78 is 15.1. The number of rotatable bonds is 6. The Labute approximate surface area is 155 Å². The van der Waals surface area contributed by atoms with E-state index in [9.17, 15) is 9.18 Å². The fourth-order valence-electron chi connectivity index (χ4n) is 3.15. The number of benzene rings is 1. The van der Waals surface area contributed by atoms with E-state index in [2.05, 4.69) is 21.6 Å². The van der Waals surface area contributed by atoms with Gasteiger partial charge < -0.3 is 9.88 Å². The Morgan fingerprint density at radius 3 is 2.92 bits per heavy atom. The molecule has 0 spiro atoms. The number of nitrogens with one attached hydrogen (secondary N) is 1. The van der Waals surface area contributed by atoms with E-state index in [4.69, 9.17) is 0 Å². The summed E-state index contributed by atoms with van der Waals surface area (Å²) in [5.41, 5.74) is 2.83. The van der Waals surface area contributed by atoms with Gasteiger partial charge in [0.05, 0.1) is 18.8 Å². The Balaban J connectivity index is 1.61. The van der Waals surface area contributed by atoms with Crippen molar-refractivity contribution < 1.29 is 9.18 Å². The van der Waals surface area contributed by atoms with E-state index in [0.29, 0.717) is 6.54 Å². The Morgan fingerprint density at radius 1 is 1.38 bits per heavy atom. The molecule has 0 aliphatic heterocycles. The van der Waals surface area contributed by atoms with Gasteiger partial charge in [0.25, 0.3) is 0 Å². The topological polar surface area (TPSA) is 59.8 Å². The smallest absolute Gasteiger partial charge is 0.226 e. The number of halogens is 1. The van der Waals surface area contributed by atoms with Gasteiger partial charge in [-0.25, -0.2) is 4.39 Å². The van der Waals surface area contributed by atoms with Crippen LogP contribution in [0.1, 0.15) is 30.3 Å². The normalized spacial score (nSPS) is 15.3. The first-order valence-corrected chi connectivity index (χ1v) is 9.59. The maximum absolute atomic E-state index is 13.1. The molecule has 7 heteroatoms. The second kappa shape index (κ2) is 6.46. The van der Waals surface area contributed by atoms with Crippen molar-refractivity contribution in [3.63, 3.8) is 0 Å². The summed E-state index contributed by atoms with van der Waals surface area (Å²) in [6.07, 6.45) is 1.89. The van der Waals surface area contributed by atoms with Gasteiger partial charge >= 0.3 is 0 Å². The number of nitrogens with zero attached hydrogens (tertiary/aromatic N) is 3. The van der Waals surface area contributed by atoms with Gasteiger partial charge in [-0.1, -0.05) is 30.4 Å². The fourth-order valence-corrected chi connectivity index (χ4v) is 3.95. The molecule has 1 aromatic carbocycles. The predicted octanol–water partition coefficient (Wildman–Crippen LogP) is 3.85. The van der Waals surface area contributed by atoms with Gasteiger partial charge in [0.15, 0.2) is 5.01 Å². The second-order valence-electron chi connectivity index (χ2n) is 7.12. The molecular formula is C19H21FN4OS. The fraction of sp³-hybridized carbons (Fsp3) is 0.421. The summed E-state index contributed by atoms with van der Waals surface area (Å²) in [5, 5.41) is 14.0. The molecular weight excluding hydrogens is 351 g/mol. The SMILES string of the molecule is Cc1cccc2c1cc(-c1nnc(CNC(=O)C3(C)CC3)s1)n2CCF. The zero-order valence-electron chi connectivity index (χ0n) is 14.9. The van der Waals surface area contributed by atoms with Gasteiger partial charge in [-0.05, 0) is 37.5 Å². The molecule has 0 bridgehead atoms. The third-order valence-electron chi connectivity index (χ3n) is 5.11. The van der Waals surface area contributed by atoms with Crippen LogP contribution in [0.4, 0.5) is 4.39 Å². The van der Waals surface area contributed by atoms with Crippen LogP contribution in [-0.4, -0.2) is 27.3 Å². The maximum atomic E-state index is 13.1. The average molecular weight is 372 g/mol. The van der Waals surface area contributed by atoms with Crippen LogP contribution in [0, 0.1) is 12.3 Å². The highest BCUT2D eigenvalue weighted by Crippen LogP contribution is 2.45. The number of aromatic nitrogens is 3. The molecule has 0 saturated heterocycles. The lowest BCUT2D eigenvalue weighted by molar-refractivity contribution is -0.125. The molecule has 4 rings (SSSR count). The maximum Gasteiger partial charge on any atom is 0.226 e. The first kappa shape index (κ1) is 17.1. The number of alkyl halides is 1. The highest BCUT2D eigenvalue weighted by atomic mass is 32.1. The van der Waals surface area contributed by atoms with Crippen LogP contribution in [0.25, 0.3) is 21.6 Å². The van der Waals surface area contributed by atoms with Gasteiger partial charge in [-0.15, -0.1) is 10.2 Å². The van der Waals surface area contributed by atoms with E-state index >= 15 is 0 Å². The minimum Gasteiger partial charge on any atom is -0.349 e. The zero-order chi connectivity index (χ0) is 18.3. The second-order valence-corrected chi connectivity index (χ2v) is 8.18. The van der Waals surface area contributed by atoms with Crippen molar-refractivity contribution in [1.29, 1.82) is 0 Å². The highest BCUT2D eigenvalue weighted by molar-refractivity contribution is 7.14. The van der Waals surface area contributed by atoms with Gasteiger partial charge in [0, 0.05) is 16.3 Å². The van der Waals surface area contributed by atoms with Crippen molar-refractivity contribution in [2.45, 2.75) is 39.8 Å². The lowest BCUT2D eigenvalue weighted by Gasteiger charge is -2.07. The van der Waals surface area contributed by atoms with Gasteiger partial charge in [0.1, 0.15) is 11.7 Å². The summed E-state index contributed by atoms with van der Waals surface area (Å²) in [4.78, 5) is 12.1. The third-order valence-corrected chi connectivity index (χ3v) is 6.05. The van der Waals surface area contributed by atoms with Crippen molar-refractivity contribution in [2.24, 2.45) is 5.41 Å². The molecule has 0 radical (unpaired) electrons. The predicted molar refractivity (Wildman–Crippen MR) is 101 cm³/mol. The lowest BCUT2D eigenvalue weighted by atomic mass is 10.1. The molecule has 2 aromatic heterocycles. The molecule has 2 heterocycles. The Kier molecular flexibility index (Phi) is 4.26. The number of hydrogen-bond donors (Lipinski definition) is 1. The quantitative estimate of drug-likeness (QED) is 0.715. The number of carbonyl (C=O) groups excluding carboxylic acids is 1. The molecule has 0 atom stereocenters. The number of aryl methyl sites for hydroxylation is 2.